The molecule has 1 aliphatic heterocycles. The van der Waals surface area contributed by atoms with Crippen LogP contribution >= 0.6 is 0 Å². The molecular weight excluding hydrogens is 354 g/mol. The first-order valence-corrected chi connectivity index (χ1v) is 9.73. The van der Waals surface area contributed by atoms with Gasteiger partial charge >= 0.3 is 0 Å². The molecule has 1 saturated heterocycles. The number of fused-ring (bicyclic) bond motifs is 1. The topological polar surface area (TPSA) is 99.7 Å². The third kappa shape index (κ3) is 3.54. The molecule has 0 bridgehead atoms. The van der Waals surface area contributed by atoms with Gasteiger partial charge in [-0.1, -0.05) is 6.07 Å². The molecule has 1 amide bonds. The van der Waals surface area contributed by atoms with Crippen molar-refractivity contribution in [3.05, 3.63) is 42.7 Å². The van der Waals surface area contributed by atoms with E-state index in [-0.39, 0.29) is 5.91 Å². The predicted molar refractivity (Wildman–Crippen MR) is 107 cm³/mol. The minimum absolute atomic E-state index is 0.105. The van der Waals surface area contributed by atoms with Gasteiger partial charge in [-0.3, -0.25) is 9.78 Å². The average Bonchev–Trinajstić information content (AvgIpc) is 3.23. The van der Waals surface area contributed by atoms with Gasteiger partial charge < -0.3 is 15.2 Å². The first-order valence-electron chi connectivity index (χ1n) is 9.73. The Morgan fingerprint density at radius 2 is 2.21 bits per heavy atom. The van der Waals surface area contributed by atoms with Crippen molar-refractivity contribution >= 4 is 22.9 Å². The number of anilines is 1. The monoisotopic (exact) mass is 379 g/mol. The van der Waals surface area contributed by atoms with Crippen molar-refractivity contribution in [3.63, 3.8) is 0 Å². The quantitative estimate of drug-likeness (QED) is 0.680. The molecule has 3 aromatic heterocycles. The van der Waals surface area contributed by atoms with Gasteiger partial charge in [0.2, 0.25) is 5.91 Å². The van der Waals surface area contributed by atoms with E-state index >= 15 is 0 Å². The number of aromatic amines is 1. The molecule has 4 heterocycles. The van der Waals surface area contributed by atoms with E-state index in [1.165, 1.54) is 6.33 Å². The van der Waals surface area contributed by atoms with Crippen molar-refractivity contribution in [2.45, 2.75) is 32.1 Å². The molecule has 4 rings (SSSR count). The van der Waals surface area contributed by atoms with E-state index in [0.717, 1.165) is 55.7 Å². The fourth-order valence-corrected chi connectivity index (χ4v) is 4.23. The average molecular weight is 379 g/mol. The van der Waals surface area contributed by atoms with Crippen LogP contribution in [0.25, 0.3) is 11.2 Å². The number of imidazole rings is 1. The lowest BCUT2D eigenvalue weighted by atomic mass is 9.75. The van der Waals surface area contributed by atoms with E-state index in [1.54, 1.807) is 13.4 Å². The zero-order valence-corrected chi connectivity index (χ0v) is 16.1. The van der Waals surface area contributed by atoms with E-state index < -0.39 is 5.41 Å². The van der Waals surface area contributed by atoms with Gasteiger partial charge in [-0.05, 0) is 44.2 Å². The van der Waals surface area contributed by atoms with Gasteiger partial charge in [0.05, 0.1) is 11.7 Å². The third-order valence-corrected chi connectivity index (χ3v) is 5.60. The molecule has 28 heavy (non-hydrogen) atoms. The van der Waals surface area contributed by atoms with Crippen LogP contribution in [0, 0.1) is 5.41 Å². The third-order valence-electron chi connectivity index (χ3n) is 5.60. The minimum Gasteiger partial charge on any atom is -0.359 e. The van der Waals surface area contributed by atoms with Crippen molar-refractivity contribution in [1.82, 2.24) is 30.2 Å². The number of hydrogen-bond acceptors (Lipinski definition) is 6. The zero-order valence-electron chi connectivity index (χ0n) is 16.1. The Balaban J connectivity index is 1.54. The fourth-order valence-electron chi connectivity index (χ4n) is 4.23. The SMILES string of the molecule is CNC(=O)C1(CCCc2ccccn2)CCCN(c2ncnc3nc[nH]c23)C1. The number of nitrogens with one attached hydrogen (secondary N) is 2. The summed E-state index contributed by atoms with van der Waals surface area (Å²) in [7, 11) is 1.72. The summed E-state index contributed by atoms with van der Waals surface area (Å²) in [6.07, 6.45) is 9.41. The van der Waals surface area contributed by atoms with E-state index in [1.807, 2.05) is 24.4 Å². The van der Waals surface area contributed by atoms with Crippen LogP contribution in [-0.2, 0) is 11.2 Å². The number of hydrogen-bond donors (Lipinski definition) is 2. The summed E-state index contributed by atoms with van der Waals surface area (Å²) in [5.74, 6) is 0.924. The molecule has 0 radical (unpaired) electrons. The van der Waals surface area contributed by atoms with Crippen molar-refractivity contribution < 1.29 is 4.79 Å². The molecule has 8 heteroatoms. The van der Waals surface area contributed by atoms with Crippen molar-refractivity contribution in [2.24, 2.45) is 5.41 Å². The first kappa shape index (κ1) is 18.3. The fraction of sp³-hybridized carbons (Fsp3) is 0.450. The molecule has 1 aliphatic rings. The van der Waals surface area contributed by atoms with Gasteiger partial charge in [-0.2, -0.15) is 0 Å². The summed E-state index contributed by atoms with van der Waals surface area (Å²) in [4.78, 5) is 35.6. The predicted octanol–water partition coefficient (Wildman–Crippen LogP) is 2.10. The van der Waals surface area contributed by atoms with Crippen molar-refractivity contribution in [3.8, 4) is 0 Å². The summed E-state index contributed by atoms with van der Waals surface area (Å²) in [6, 6.07) is 5.96. The number of rotatable bonds is 6. The highest BCUT2D eigenvalue weighted by Gasteiger charge is 2.42. The van der Waals surface area contributed by atoms with Gasteiger partial charge in [0.15, 0.2) is 11.5 Å². The van der Waals surface area contributed by atoms with Crippen LogP contribution in [0.2, 0.25) is 0 Å². The van der Waals surface area contributed by atoms with Crippen LogP contribution in [0.5, 0.6) is 0 Å². The summed E-state index contributed by atoms with van der Waals surface area (Å²) in [5.41, 5.74) is 2.11. The van der Waals surface area contributed by atoms with E-state index in [9.17, 15) is 4.79 Å². The molecular formula is C20H25N7O. The summed E-state index contributed by atoms with van der Waals surface area (Å²) in [5, 5.41) is 2.89. The summed E-state index contributed by atoms with van der Waals surface area (Å²) >= 11 is 0. The number of aromatic nitrogens is 5. The second-order valence-corrected chi connectivity index (χ2v) is 7.36. The first-order chi connectivity index (χ1) is 13.7. The van der Waals surface area contributed by atoms with E-state index in [0.29, 0.717) is 12.2 Å². The molecule has 8 nitrogen and oxygen atoms in total. The molecule has 3 aromatic rings. The number of piperidine rings is 1. The molecule has 2 N–H and O–H groups in total. The number of H-pyrrole nitrogens is 1. The van der Waals surface area contributed by atoms with Crippen LogP contribution in [-0.4, -0.2) is 51.0 Å². The lowest BCUT2D eigenvalue weighted by Gasteiger charge is -2.42. The van der Waals surface area contributed by atoms with Crippen molar-refractivity contribution in [2.75, 3.05) is 25.0 Å². The Hall–Kier alpha value is -3.03. The van der Waals surface area contributed by atoms with Gasteiger partial charge in [0.25, 0.3) is 0 Å². The van der Waals surface area contributed by atoms with Crippen LogP contribution in [0.1, 0.15) is 31.4 Å². The maximum Gasteiger partial charge on any atom is 0.227 e. The van der Waals surface area contributed by atoms with Crippen molar-refractivity contribution in [1.29, 1.82) is 0 Å². The number of carbonyl (C=O) groups is 1. The number of nitrogens with zero attached hydrogens (tertiary/aromatic N) is 5. The molecule has 0 saturated carbocycles. The van der Waals surface area contributed by atoms with Gasteiger partial charge in [0, 0.05) is 32.0 Å². The number of carbonyl (C=O) groups excluding carboxylic acids is 1. The molecule has 1 fully saturated rings. The summed E-state index contributed by atoms with van der Waals surface area (Å²) in [6.45, 7) is 1.50. The molecule has 146 valence electrons. The lowest BCUT2D eigenvalue weighted by molar-refractivity contribution is -0.131. The number of aryl methyl sites for hydroxylation is 1. The maximum atomic E-state index is 12.9. The Labute approximate surface area is 163 Å². The standard InChI is InChI=1S/C20H25N7O/c1-21-19(28)20(8-4-7-15-6-2-3-10-22-15)9-5-11-27(12-20)18-16-17(24-13-23-16)25-14-26-18/h2-3,6,10,13-14H,4-5,7-9,11-12H2,1H3,(H,21,28)(H,23,24,25,26). The molecule has 0 aliphatic carbocycles. The number of amides is 1. The molecule has 0 spiro atoms. The minimum atomic E-state index is -0.431. The Kier molecular flexibility index (Phi) is 5.18. The Morgan fingerprint density at radius 3 is 3.04 bits per heavy atom. The normalized spacial score (nSPS) is 19.7. The Bertz CT molecular complexity index is 942. The van der Waals surface area contributed by atoms with E-state index in [4.69, 9.17) is 0 Å². The Morgan fingerprint density at radius 1 is 1.29 bits per heavy atom. The van der Waals surface area contributed by atoms with Crippen LogP contribution in [0.3, 0.4) is 0 Å². The van der Waals surface area contributed by atoms with E-state index in [2.05, 4.69) is 35.1 Å². The number of pyridine rings is 1. The van der Waals surface area contributed by atoms with Gasteiger partial charge in [-0.15, -0.1) is 0 Å². The van der Waals surface area contributed by atoms with Crippen LogP contribution in [0.4, 0.5) is 5.82 Å². The van der Waals surface area contributed by atoms with Crippen LogP contribution < -0.4 is 10.2 Å². The highest BCUT2D eigenvalue weighted by atomic mass is 16.2. The largest absolute Gasteiger partial charge is 0.359 e. The second-order valence-electron chi connectivity index (χ2n) is 7.36. The van der Waals surface area contributed by atoms with Crippen LogP contribution in [0.15, 0.2) is 37.1 Å². The second kappa shape index (κ2) is 7.92. The molecule has 0 aromatic carbocycles. The highest BCUT2D eigenvalue weighted by Crippen LogP contribution is 2.37. The zero-order chi connectivity index (χ0) is 19.4. The van der Waals surface area contributed by atoms with Gasteiger partial charge in [-0.25, -0.2) is 15.0 Å². The molecule has 1 unspecified atom stereocenters. The summed E-state index contributed by atoms with van der Waals surface area (Å²) < 4.78 is 0. The highest BCUT2D eigenvalue weighted by molar-refractivity contribution is 5.86. The van der Waals surface area contributed by atoms with Gasteiger partial charge in [0.1, 0.15) is 11.8 Å². The smallest absolute Gasteiger partial charge is 0.227 e. The molecule has 1 atom stereocenters. The maximum absolute atomic E-state index is 12.9. The lowest BCUT2D eigenvalue weighted by Crippen LogP contribution is -2.51.